The van der Waals surface area contributed by atoms with Crippen LogP contribution >= 0.6 is 0 Å². The number of nitriles is 1. The third kappa shape index (κ3) is 4.29. The van der Waals surface area contributed by atoms with E-state index < -0.39 is 15.1 Å². The topological polar surface area (TPSA) is 121 Å². The van der Waals surface area contributed by atoms with E-state index >= 15 is 0 Å². The summed E-state index contributed by atoms with van der Waals surface area (Å²) in [6.07, 6.45) is 4.10. The molecule has 0 atom stereocenters. The molecule has 9 nitrogen and oxygen atoms in total. The number of piperidine rings is 1. The van der Waals surface area contributed by atoms with Crippen LogP contribution < -0.4 is 10.2 Å². The normalized spacial score (nSPS) is 15.2. The van der Waals surface area contributed by atoms with E-state index in [0.29, 0.717) is 56.5 Å². The van der Waals surface area contributed by atoms with Crippen molar-refractivity contribution in [2.75, 3.05) is 26.7 Å². The summed E-state index contributed by atoms with van der Waals surface area (Å²) in [6, 6.07) is 12.2. The van der Waals surface area contributed by atoms with Crippen molar-refractivity contribution in [3.63, 3.8) is 0 Å². The number of pyridine rings is 2. The van der Waals surface area contributed by atoms with Gasteiger partial charge in [-0.05, 0) is 70.2 Å². The number of H-pyrrole nitrogens is 1. The Hall–Kier alpha value is -4.27. The first-order valence-corrected chi connectivity index (χ1v) is 14.4. The molecule has 11 heteroatoms. The lowest BCUT2D eigenvalue weighted by atomic mass is 9.99. The quantitative estimate of drug-likeness (QED) is 0.304. The molecule has 1 aliphatic rings. The van der Waals surface area contributed by atoms with Crippen LogP contribution in [0.1, 0.15) is 31.4 Å². The maximum atomic E-state index is 14.1. The standard InChI is InChI=1S/C29H26FN5O4S/c1-3-39-26-13-23-25(12-22(26)18-11-20(16-32-15-18)40(30,37)38)35(19-6-8-34(2)9-7-19)29-27(28(23)36)21-5-4-17(14-31)10-24(21)33-29/h4-5,10-13,15-16,19,33H,3,6-9H2,1-2H3. The summed E-state index contributed by atoms with van der Waals surface area (Å²) in [5, 5.41) is 11.2. The predicted molar refractivity (Wildman–Crippen MR) is 151 cm³/mol. The van der Waals surface area contributed by atoms with E-state index in [0.717, 1.165) is 37.5 Å². The molecule has 0 spiro atoms. The Morgan fingerprint density at radius 1 is 1.15 bits per heavy atom. The van der Waals surface area contributed by atoms with E-state index in [-0.39, 0.29) is 11.5 Å². The number of likely N-dealkylation sites (tertiary alicyclic amines) is 1. The van der Waals surface area contributed by atoms with Gasteiger partial charge in [-0.1, -0.05) is 6.07 Å². The lowest BCUT2D eigenvalue weighted by Gasteiger charge is -2.32. The Bertz CT molecular complexity index is 2020. The van der Waals surface area contributed by atoms with Crippen LogP contribution in [0.4, 0.5) is 3.89 Å². The zero-order valence-corrected chi connectivity index (χ0v) is 22.8. The average Bonchev–Trinajstić information content (AvgIpc) is 3.32. The van der Waals surface area contributed by atoms with Crippen molar-refractivity contribution >= 4 is 43.1 Å². The van der Waals surface area contributed by atoms with Crippen molar-refractivity contribution in [1.29, 1.82) is 5.26 Å². The van der Waals surface area contributed by atoms with Crippen molar-refractivity contribution in [3.05, 3.63) is 64.6 Å². The number of benzene rings is 2. The Morgan fingerprint density at radius 2 is 1.93 bits per heavy atom. The van der Waals surface area contributed by atoms with Gasteiger partial charge in [-0.2, -0.15) is 13.7 Å². The van der Waals surface area contributed by atoms with Crippen LogP contribution in [-0.2, 0) is 10.2 Å². The maximum absolute atomic E-state index is 14.1. The summed E-state index contributed by atoms with van der Waals surface area (Å²) in [5.41, 5.74) is 3.14. The summed E-state index contributed by atoms with van der Waals surface area (Å²) < 4.78 is 45.2. The van der Waals surface area contributed by atoms with Gasteiger partial charge in [0, 0.05) is 40.5 Å². The minimum Gasteiger partial charge on any atom is -0.493 e. The van der Waals surface area contributed by atoms with Gasteiger partial charge in [0.2, 0.25) is 0 Å². The van der Waals surface area contributed by atoms with Crippen LogP contribution in [0.5, 0.6) is 5.75 Å². The number of hydrogen-bond acceptors (Lipinski definition) is 7. The average molecular weight is 560 g/mol. The largest absolute Gasteiger partial charge is 0.493 e. The summed E-state index contributed by atoms with van der Waals surface area (Å²) in [5.74, 6) is 0.364. The van der Waals surface area contributed by atoms with Crippen molar-refractivity contribution < 1.29 is 17.0 Å². The van der Waals surface area contributed by atoms with E-state index in [1.165, 1.54) is 12.3 Å². The first kappa shape index (κ1) is 26.0. The van der Waals surface area contributed by atoms with Crippen LogP contribution in [0.25, 0.3) is 44.0 Å². The highest BCUT2D eigenvalue weighted by Crippen LogP contribution is 2.39. The van der Waals surface area contributed by atoms with Gasteiger partial charge in [-0.25, -0.2) is 0 Å². The molecular formula is C29H26FN5O4S. The van der Waals surface area contributed by atoms with Crippen LogP contribution in [0, 0.1) is 11.3 Å². The maximum Gasteiger partial charge on any atom is 0.333 e. The Labute approximate surface area is 229 Å². The second kappa shape index (κ2) is 9.73. The van der Waals surface area contributed by atoms with Crippen molar-refractivity contribution in [2.45, 2.75) is 30.7 Å². The number of fused-ring (bicyclic) bond motifs is 4. The molecular weight excluding hydrogens is 533 g/mol. The van der Waals surface area contributed by atoms with Crippen molar-refractivity contribution in [3.8, 4) is 22.9 Å². The Morgan fingerprint density at radius 3 is 2.62 bits per heavy atom. The van der Waals surface area contributed by atoms with Gasteiger partial charge in [0.15, 0.2) is 5.43 Å². The number of ether oxygens (including phenoxy) is 1. The highest BCUT2D eigenvalue weighted by molar-refractivity contribution is 7.86. The molecule has 204 valence electrons. The highest BCUT2D eigenvalue weighted by Gasteiger charge is 2.26. The highest BCUT2D eigenvalue weighted by atomic mass is 32.3. The van der Waals surface area contributed by atoms with Crippen LogP contribution in [0.15, 0.2) is 58.5 Å². The lowest BCUT2D eigenvalue weighted by molar-refractivity contribution is 0.226. The van der Waals surface area contributed by atoms with Gasteiger partial charge < -0.3 is 19.2 Å². The van der Waals surface area contributed by atoms with E-state index in [1.807, 2.05) is 0 Å². The van der Waals surface area contributed by atoms with Gasteiger partial charge in [0.05, 0.1) is 34.5 Å². The molecule has 0 unspecified atom stereocenters. The SMILES string of the molecule is CCOc1cc2c(=O)c3c4ccc(C#N)cc4[nH]c3n(C3CCN(C)CC3)c2cc1-c1cncc(S(=O)(=O)F)c1. The Kier molecular flexibility index (Phi) is 6.32. The number of halogens is 1. The fourth-order valence-electron chi connectivity index (χ4n) is 5.70. The van der Waals surface area contributed by atoms with E-state index in [9.17, 15) is 22.4 Å². The number of hydrogen-bond donors (Lipinski definition) is 1. The third-order valence-corrected chi connectivity index (χ3v) is 8.42. The first-order chi connectivity index (χ1) is 19.2. The predicted octanol–water partition coefficient (Wildman–Crippen LogP) is 4.89. The van der Waals surface area contributed by atoms with Gasteiger partial charge in [0.1, 0.15) is 16.3 Å². The van der Waals surface area contributed by atoms with Gasteiger partial charge >= 0.3 is 10.2 Å². The van der Waals surface area contributed by atoms with Crippen molar-refractivity contribution in [1.82, 2.24) is 19.4 Å². The number of aromatic nitrogens is 3. The molecule has 1 saturated heterocycles. The van der Waals surface area contributed by atoms with Crippen molar-refractivity contribution in [2.24, 2.45) is 0 Å². The molecule has 2 aromatic carbocycles. The van der Waals surface area contributed by atoms with Crippen LogP contribution in [-0.4, -0.2) is 54.6 Å². The number of rotatable bonds is 5. The summed E-state index contributed by atoms with van der Waals surface area (Å²) in [7, 11) is -2.90. The lowest BCUT2D eigenvalue weighted by Crippen LogP contribution is -2.32. The van der Waals surface area contributed by atoms with E-state index in [4.69, 9.17) is 4.74 Å². The summed E-state index contributed by atoms with van der Waals surface area (Å²) >= 11 is 0. The fourth-order valence-corrected chi connectivity index (χ4v) is 6.15. The molecule has 0 aliphatic carbocycles. The molecule has 1 N–H and O–H groups in total. The minimum atomic E-state index is -4.98. The zero-order chi connectivity index (χ0) is 28.2. The molecule has 0 radical (unpaired) electrons. The third-order valence-electron chi connectivity index (χ3n) is 7.64. The molecule has 3 aromatic heterocycles. The molecule has 0 bridgehead atoms. The second-order valence-electron chi connectivity index (χ2n) is 10.1. The molecule has 4 heterocycles. The van der Waals surface area contributed by atoms with E-state index in [1.54, 1.807) is 37.3 Å². The van der Waals surface area contributed by atoms with Crippen LogP contribution in [0.2, 0.25) is 0 Å². The number of aromatic amines is 1. The smallest absolute Gasteiger partial charge is 0.333 e. The second-order valence-corrected chi connectivity index (χ2v) is 11.4. The van der Waals surface area contributed by atoms with Gasteiger partial charge in [-0.15, -0.1) is 3.89 Å². The summed E-state index contributed by atoms with van der Waals surface area (Å²) in [4.78, 5) is 23.2. The minimum absolute atomic E-state index is 0.0618. The van der Waals surface area contributed by atoms with Crippen LogP contribution in [0.3, 0.4) is 0 Å². The molecule has 0 saturated carbocycles. The summed E-state index contributed by atoms with van der Waals surface area (Å²) in [6.45, 7) is 3.86. The van der Waals surface area contributed by atoms with Gasteiger partial charge in [-0.3, -0.25) is 9.78 Å². The fraction of sp³-hybridized carbons (Fsp3) is 0.276. The molecule has 1 fully saturated rings. The molecule has 1 aliphatic heterocycles. The first-order valence-electron chi connectivity index (χ1n) is 13.0. The number of nitrogens with zero attached hydrogens (tertiary/aromatic N) is 4. The zero-order valence-electron chi connectivity index (χ0n) is 21.9. The molecule has 5 aromatic rings. The van der Waals surface area contributed by atoms with Gasteiger partial charge in [0.25, 0.3) is 0 Å². The molecule has 40 heavy (non-hydrogen) atoms. The molecule has 6 rings (SSSR count). The van der Waals surface area contributed by atoms with E-state index in [2.05, 4.69) is 32.6 Å². The number of nitrogens with one attached hydrogen (secondary N) is 1. The Balaban J connectivity index is 1.73. The monoisotopic (exact) mass is 559 g/mol. The molecule has 0 amide bonds.